The van der Waals surface area contributed by atoms with Crippen LogP contribution in [0.4, 0.5) is 4.79 Å². The van der Waals surface area contributed by atoms with Gasteiger partial charge in [-0.05, 0) is 19.3 Å². The van der Waals surface area contributed by atoms with Crippen molar-refractivity contribution in [3.05, 3.63) is 0 Å². The van der Waals surface area contributed by atoms with Crippen molar-refractivity contribution in [2.45, 2.75) is 47.0 Å². The van der Waals surface area contributed by atoms with E-state index in [4.69, 9.17) is 9.47 Å². The highest BCUT2D eigenvalue weighted by Gasteiger charge is 2.17. The van der Waals surface area contributed by atoms with E-state index < -0.39 is 6.09 Å². The molecule has 0 saturated heterocycles. The average Bonchev–Trinajstić information content (AvgIpc) is 2.38. The molecule has 0 aromatic heterocycles. The summed E-state index contributed by atoms with van der Waals surface area (Å²) >= 11 is 0. The predicted molar refractivity (Wildman–Crippen MR) is 73.9 cm³/mol. The second kappa shape index (κ2) is 10.6. The van der Waals surface area contributed by atoms with E-state index in [-0.39, 0.29) is 18.4 Å². The zero-order valence-electron chi connectivity index (χ0n) is 12.6. The molecule has 0 saturated carbocycles. The number of rotatable bonds is 9. The van der Waals surface area contributed by atoms with Crippen molar-refractivity contribution in [3.8, 4) is 0 Å². The Balaban J connectivity index is 3.95. The van der Waals surface area contributed by atoms with E-state index in [0.29, 0.717) is 19.8 Å². The molecule has 0 spiro atoms. The number of ether oxygens (including phenoxy) is 2. The smallest absolute Gasteiger partial charge is 0.410 e. The molecule has 0 bridgehead atoms. The lowest BCUT2D eigenvalue weighted by molar-refractivity contribution is -0.144. The molecule has 0 aliphatic carbocycles. The second-order valence-corrected chi connectivity index (χ2v) is 4.91. The molecule has 0 aromatic rings. The third-order valence-corrected chi connectivity index (χ3v) is 2.51. The van der Waals surface area contributed by atoms with Crippen LogP contribution in [0.2, 0.25) is 0 Å². The zero-order chi connectivity index (χ0) is 14.7. The zero-order valence-corrected chi connectivity index (χ0v) is 12.6. The molecule has 0 aliphatic heterocycles. The minimum atomic E-state index is -0.457. The van der Waals surface area contributed by atoms with Gasteiger partial charge in [-0.15, -0.1) is 0 Å². The summed E-state index contributed by atoms with van der Waals surface area (Å²) in [7, 11) is 0. The van der Waals surface area contributed by atoms with Gasteiger partial charge in [0.15, 0.2) is 0 Å². The van der Waals surface area contributed by atoms with E-state index in [9.17, 15) is 9.59 Å². The molecule has 0 rings (SSSR count). The molecule has 0 fully saturated rings. The van der Waals surface area contributed by atoms with Crippen LogP contribution in [-0.2, 0) is 14.3 Å². The Bertz CT molecular complexity index is 266. The summed E-state index contributed by atoms with van der Waals surface area (Å²) in [6, 6.07) is 0. The Kier molecular flexibility index (Phi) is 9.94. The van der Waals surface area contributed by atoms with Gasteiger partial charge >= 0.3 is 12.1 Å². The van der Waals surface area contributed by atoms with Crippen molar-refractivity contribution in [1.29, 1.82) is 0 Å². The summed E-state index contributed by atoms with van der Waals surface area (Å²) in [6.07, 6.45) is 2.54. The summed E-state index contributed by atoms with van der Waals surface area (Å²) in [5.41, 5.74) is 0. The van der Waals surface area contributed by atoms with Gasteiger partial charge in [0.25, 0.3) is 0 Å². The maximum Gasteiger partial charge on any atom is 0.410 e. The van der Waals surface area contributed by atoms with Gasteiger partial charge in [0.2, 0.25) is 0 Å². The highest BCUT2D eigenvalue weighted by atomic mass is 16.6. The first-order valence-corrected chi connectivity index (χ1v) is 7.08. The molecule has 0 unspecified atom stereocenters. The molecule has 0 N–H and O–H groups in total. The summed E-state index contributed by atoms with van der Waals surface area (Å²) in [5, 5.41) is 0. The molecule has 0 aromatic carbocycles. The third-order valence-electron chi connectivity index (χ3n) is 2.51. The number of hydrogen-bond donors (Lipinski definition) is 0. The van der Waals surface area contributed by atoms with E-state index in [1.807, 2.05) is 13.8 Å². The quantitative estimate of drug-likeness (QED) is 0.479. The standard InChI is InChI=1S/C14H27NO4/c1-5-7-8-9-18-13(16)10-15(6-2)14(17)19-11-12(3)4/h12H,5-11H2,1-4H3. The lowest BCUT2D eigenvalue weighted by Crippen LogP contribution is -2.37. The van der Waals surface area contributed by atoms with Crippen LogP contribution in [0.25, 0.3) is 0 Å². The molecular formula is C14H27NO4. The van der Waals surface area contributed by atoms with Crippen molar-refractivity contribution in [3.63, 3.8) is 0 Å². The number of amides is 1. The molecule has 19 heavy (non-hydrogen) atoms. The van der Waals surface area contributed by atoms with Crippen LogP contribution in [0, 0.1) is 5.92 Å². The molecule has 1 amide bonds. The molecule has 5 heteroatoms. The van der Waals surface area contributed by atoms with Crippen LogP contribution in [0.3, 0.4) is 0 Å². The Labute approximate surface area is 116 Å². The van der Waals surface area contributed by atoms with Crippen LogP contribution in [0.15, 0.2) is 0 Å². The van der Waals surface area contributed by atoms with Crippen molar-refractivity contribution in [2.75, 3.05) is 26.3 Å². The van der Waals surface area contributed by atoms with Gasteiger partial charge in [-0.3, -0.25) is 9.69 Å². The highest BCUT2D eigenvalue weighted by Crippen LogP contribution is 2.00. The average molecular weight is 273 g/mol. The number of carbonyl (C=O) groups excluding carboxylic acids is 2. The lowest BCUT2D eigenvalue weighted by atomic mass is 10.2. The highest BCUT2D eigenvalue weighted by molar-refractivity contribution is 5.78. The monoisotopic (exact) mass is 273 g/mol. The number of likely N-dealkylation sites (N-methyl/N-ethyl adjacent to an activating group) is 1. The maximum absolute atomic E-state index is 11.7. The fourth-order valence-corrected chi connectivity index (χ4v) is 1.37. The van der Waals surface area contributed by atoms with E-state index in [2.05, 4.69) is 6.92 Å². The van der Waals surface area contributed by atoms with Crippen molar-refractivity contribution >= 4 is 12.1 Å². The largest absolute Gasteiger partial charge is 0.464 e. The SMILES string of the molecule is CCCCCOC(=O)CN(CC)C(=O)OCC(C)C. The summed E-state index contributed by atoms with van der Waals surface area (Å²) in [5.74, 6) is -0.0944. The van der Waals surface area contributed by atoms with Gasteiger partial charge in [0.1, 0.15) is 6.54 Å². The van der Waals surface area contributed by atoms with Gasteiger partial charge in [0, 0.05) is 6.54 Å². The fraction of sp³-hybridized carbons (Fsp3) is 0.857. The first-order valence-electron chi connectivity index (χ1n) is 7.08. The molecule has 0 radical (unpaired) electrons. The number of nitrogens with zero attached hydrogens (tertiary/aromatic N) is 1. The predicted octanol–water partition coefficient (Wildman–Crippen LogP) is 2.83. The lowest BCUT2D eigenvalue weighted by Gasteiger charge is -2.20. The van der Waals surface area contributed by atoms with E-state index >= 15 is 0 Å². The molecule has 5 nitrogen and oxygen atoms in total. The molecule has 0 aliphatic rings. The van der Waals surface area contributed by atoms with Gasteiger partial charge in [-0.2, -0.15) is 0 Å². The normalized spacial score (nSPS) is 10.4. The van der Waals surface area contributed by atoms with Gasteiger partial charge < -0.3 is 9.47 Å². The maximum atomic E-state index is 11.7. The van der Waals surface area contributed by atoms with Crippen molar-refractivity contribution in [2.24, 2.45) is 5.92 Å². The molecule has 112 valence electrons. The van der Waals surface area contributed by atoms with Gasteiger partial charge in [-0.1, -0.05) is 33.6 Å². The Morgan fingerprint density at radius 2 is 1.79 bits per heavy atom. The fourth-order valence-electron chi connectivity index (χ4n) is 1.37. The Morgan fingerprint density at radius 3 is 2.32 bits per heavy atom. The number of carbonyl (C=O) groups is 2. The van der Waals surface area contributed by atoms with E-state index in [1.54, 1.807) is 6.92 Å². The van der Waals surface area contributed by atoms with Gasteiger partial charge in [-0.25, -0.2) is 4.79 Å². The van der Waals surface area contributed by atoms with E-state index in [1.165, 1.54) is 4.90 Å². The Morgan fingerprint density at radius 1 is 1.11 bits per heavy atom. The minimum absolute atomic E-state index is 0.0421. The number of unbranched alkanes of at least 4 members (excludes halogenated alkanes) is 2. The van der Waals surface area contributed by atoms with Crippen molar-refractivity contribution in [1.82, 2.24) is 4.90 Å². The molecule has 0 atom stereocenters. The van der Waals surface area contributed by atoms with Crippen molar-refractivity contribution < 1.29 is 19.1 Å². The van der Waals surface area contributed by atoms with Crippen LogP contribution < -0.4 is 0 Å². The summed E-state index contributed by atoms with van der Waals surface area (Å²) in [6.45, 7) is 9.00. The second-order valence-electron chi connectivity index (χ2n) is 4.91. The van der Waals surface area contributed by atoms with Crippen LogP contribution >= 0.6 is 0 Å². The first kappa shape index (κ1) is 17.7. The van der Waals surface area contributed by atoms with E-state index in [0.717, 1.165) is 19.3 Å². The minimum Gasteiger partial charge on any atom is -0.464 e. The third kappa shape index (κ3) is 9.33. The van der Waals surface area contributed by atoms with Crippen LogP contribution in [-0.4, -0.2) is 43.3 Å². The van der Waals surface area contributed by atoms with Gasteiger partial charge in [0.05, 0.1) is 13.2 Å². The Hall–Kier alpha value is -1.26. The van der Waals surface area contributed by atoms with Crippen LogP contribution in [0.1, 0.15) is 47.0 Å². The molecular weight excluding hydrogens is 246 g/mol. The molecule has 0 heterocycles. The number of hydrogen-bond acceptors (Lipinski definition) is 4. The summed E-state index contributed by atoms with van der Waals surface area (Å²) in [4.78, 5) is 24.6. The topological polar surface area (TPSA) is 55.8 Å². The first-order chi connectivity index (χ1) is 9.01. The summed E-state index contributed by atoms with van der Waals surface area (Å²) < 4.78 is 10.1. The van der Waals surface area contributed by atoms with Crippen LogP contribution in [0.5, 0.6) is 0 Å². The number of esters is 1.